The number of hydrogen-bond acceptors (Lipinski definition) is 28. The van der Waals surface area contributed by atoms with E-state index < -0.39 is 17.0 Å². The highest BCUT2D eigenvalue weighted by molar-refractivity contribution is 7.91. The third-order valence-electron chi connectivity index (χ3n) is 13.3. The van der Waals surface area contributed by atoms with Gasteiger partial charge in [-0.2, -0.15) is 0 Å². The first-order valence-electron chi connectivity index (χ1n) is 32.2. The Bertz CT molecular complexity index is 5250. The Morgan fingerprint density at radius 2 is 0.815 bits per heavy atom. The Morgan fingerprint density at radius 3 is 1.31 bits per heavy atom. The molecule has 0 saturated heterocycles. The van der Waals surface area contributed by atoms with Crippen molar-refractivity contribution in [3.05, 3.63) is 349 Å². The van der Waals surface area contributed by atoms with E-state index >= 15 is 0 Å². The largest absolute Gasteiger partial charge is 0.438 e. The van der Waals surface area contributed by atoms with Crippen molar-refractivity contribution in [2.24, 2.45) is 0 Å². The molecule has 26 nitrogen and oxygen atoms in total. The van der Waals surface area contributed by atoms with Crippen LogP contribution < -0.4 is 0 Å². The van der Waals surface area contributed by atoms with Crippen molar-refractivity contribution in [3.8, 4) is 0 Å². The fraction of sp³-hybridized carbons (Fsp3) is 0.0385. The van der Waals surface area contributed by atoms with E-state index in [0.717, 1.165) is 70.3 Å². The summed E-state index contributed by atoms with van der Waals surface area (Å²) in [5, 5.41) is 21.4. The van der Waals surface area contributed by atoms with Gasteiger partial charge in [0.25, 0.3) is 0 Å². The minimum absolute atomic E-state index is 0.330. The maximum absolute atomic E-state index is 12.0. The smallest absolute Gasteiger partial charge is 0.230 e. The van der Waals surface area contributed by atoms with Crippen molar-refractivity contribution in [1.82, 2.24) is 105 Å². The van der Waals surface area contributed by atoms with Crippen molar-refractivity contribution in [1.29, 1.82) is 0 Å². The summed E-state index contributed by atoms with van der Waals surface area (Å²) in [4.78, 5) is 68.4. The number of nitrogens with zero attached hydrogens (tertiary/aromatic N) is 21. The Kier molecular flexibility index (Phi) is 32.0. The van der Waals surface area contributed by atoms with E-state index in [2.05, 4.69) is 146 Å². The average Bonchev–Trinajstić information content (AvgIpc) is 1.44. The molecule has 0 amide bonds. The van der Waals surface area contributed by atoms with Crippen LogP contribution in [0.15, 0.2) is 367 Å². The molecule has 0 aliphatic carbocycles. The van der Waals surface area contributed by atoms with E-state index in [1.165, 1.54) is 65.8 Å². The zero-order chi connectivity index (χ0) is 75.4. The van der Waals surface area contributed by atoms with Crippen molar-refractivity contribution in [2.45, 2.75) is 9.79 Å². The third-order valence-corrected chi connectivity index (χ3v) is 16.6. The van der Waals surface area contributed by atoms with Gasteiger partial charge in [0.05, 0.1) is 49.9 Å². The van der Waals surface area contributed by atoms with E-state index in [1.807, 2.05) is 109 Å². The second-order valence-corrected chi connectivity index (χ2v) is 29.2. The van der Waals surface area contributed by atoms with Crippen LogP contribution in [0.3, 0.4) is 0 Å². The summed E-state index contributed by atoms with van der Waals surface area (Å²) >= 11 is 3.20. The third kappa shape index (κ3) is 26.8. The molecule has 20 aromatic rings. The summed E-state index contributed by atoms with van der Waals surface area (Å²) in [5.74, 6) is 0. The lowest BCUT2D eigenvalue weighted by Crippen LogP contribution is -2.00. The monoisotopic (exact) mass is 1500 g/mol. The van der Waals surface area contributed by atoms with Gasteiger partial charge in [-0.25, -0.2) is 63.2 Å². The minimum atomic E-state index is -3.34. The number of hydrogen-bond donors (Lipinski definition) is 0. The molecule has 0 unspecified atom stereocenters. The van der Waals surface area contributed by atoms with Gasteiger partial charge in [-0.15, -0.1) is 43.1 Å². The molecule has 0 N–H and O–H groups in total. The molecule has 30 heteroatoms. The Labute approximate surface area is 627 Å². The van der Waals surface area contributed by atoms with Crippen LogP contribution in [-0.4, -0.2) is 134 Å². The number of fused-ring (bicyclic) bond motifs is 11. The molecule has 108 heavy (non-hydrogen) atoms. The first-order valence-corrected chi connectivity index (χ1v) is 38.5. The van der Waals surface area contributed by atoms with Crippen LogP contribution in [0, 0.1) is 0 Å². The zero-order valence-electron chi connectivity index (χ0n) is 58.0. The molecule has 7 aromatic carbocycles. The predicted octanol–water partition coefficient (Wildman–Crippen LogP) is 16.5. The predicted molar refractivity (Wildman–Crippen MR) is 422 cm³/mol. The Morgan fingerprint density at radius 1 is 0.343 bits per heavy atom. The molecular weight excluding hydrogens is 1440 g/mol. The van der Waals surface area contributed by atoms with Gasteiger partial charge >= 0.3 is 0 Å². The van der Waals surface area contributed by atoms with Crippen LogP contribution in [0.4, 0.5) is 0 Å². The molecule has 0 bridgehead atoms. The fourth-order valence-corrected chi connectivity index (χ4v) is 11.4. The summed E-state index contributed by atoms with van der Waals surface area (Å²) in [6.07, 6.45) is 35.4. The zero-order valence-corrected chi connectivity index (χ0v) is 61.4. The first-order chi connectivity index (χ1) is 53.0. The molecule has 0 fully saturated rings. The topological polar surface area (TPSA) is 348 Å². The van der Waals surface area contributed by atoms with Crippen molar-refractivity contribution in [3.63, 3.8) is 0 Å². The van der Waals surface area contributed by atoms with E-state index in [1.54, 1.807) is 190 Å². The molecule has 0 spiro atoms. The van der Waals surface area contributed by atoms with Crippen LogP contribution in [0.25, 0.3) is 86.1 Å². The lowest BCUT2D eigenvalue weighted by Gasteiger charge is -2.03. The van der Waals surface area contributed by atoms with Gasteiger partial charge in [-0.1, -0.05) is 127 Å². The molecule has 0 aliphatic rings. The first kappa shape index (κ1) is 78.4. The number of benzene rings is 7. The molecule has 20 rings (SSSR count). The van der Waals surface area contributed by atoms with Gasteiger partial charge in [0.1, 0.15) is 65.7 Å². The van der Waals surface area contributed by atoms with Crippen molar-refractivity contribution >= 4 is 126 Å². The molecule has 13 heterocycles. The van der Waals surface area contributed by atoms with Gasteiger partial charge < -0.3 is 13.4 Å². The summed E-state index contributed by atoms with van der Waals surface area (Å²) in [6, 6.07) is 62.7. The van der Waals surface area contributed by atoms with Gasteiger partial charge in [0.15, 0.2) is 0 Å². The number of thiophene rings is 1. The van der Waals surface area contributed by atoms with Gasteiger partial charge in [-0.3, -0.25) is 29.9 Å². The lowest BCUT2D eigenvalue weighted by molar-refractivity contribution is 0.553. The van der Waals surface area contributed by atoms with E-state index in [0.29, 0.717) is 15.5 Å². The average molecular weight is 1500 g/mol. The number of aromatic nitrogens is 21. The number of sulfone groups is 1. The Hall–Kier alpha value is -13.7. The van der Waals surface area contributed by atoms with Gasteiger partial charge in [-0.05, 0) is 92.8 Å². The summed E-state index contributed by atoms with van der Waals surface area (Å²) in [6.45, 7) is 5.23. The highest BCUT2D eigenvalue weighted by Crippen LogP contribution is 2.32. The van der Waals surface area contributed by atoms with Crippen molar-refractivity contribution < 1.29 is 21.8 Å². The second kappa shape index (κ2) is 44.0. The molecule has 13 aromatic heterocycles. The van der Waals surface area contributed by atoms with Crippen LogP contribution in [0.1, 0.15) is 0 Å². The number of furan rings is 1. The molecule has 0 radical (unpaired) electrons. The van der Waals surface area contributed by atoms with Gasteiger partial charge in [0.2, 0.25) is 28.3 Å². The highest BCUT2D eigenvalue weighted by atomic mass is 32.2. The fourth-order valence-electron chi connectivity index (χ4n) is 8.77. The van der Waals surface area contributed by atoms with E-state index in [4.69, 9.17) is 4.42 Å². The maximum atomic E-state index is 12.0. The van der Waals surface area contributed by atoms with E-state index in [9.17, 15) is 13.0 Å². The van der Waals surface area contributed by atoms with Crippen LogP contribution in [-0.2, 0) is 14.4 Å². The molecule has 0 aliphatic heterocycles. The maximum Gasteiger partial charge on any atom is 0.230 e. The summed E-state index contributed by atoms with van der Waals surface area (Å²) in [5.41, 5.74) is 9.72. The highest BCUT2D eigenvalue weighted by Gasteiger charge is 2.16. The van der Waals surface area contributed by atoms with E-state index in [-0.39, 0.29) is 0 Å². The lowest BCUT2D eigenvalue weighted by atomic mass is 10.1. The van der Waals surface area contributed by atoms with Gasteiger partial charge in [0, 0.05) is 118 Å². The second-order valence-electron chi connectivity index (χ2n) is 21.8. The summed E-state index contributed by atoms with van der Waals surface area (Å²) < 4.78 is 45.4. The number of pyridine rings is 2. The minimum Gasteiger partial charge on any atom is -0.438 e. The normalized spacial score (nSPS) is 10.1. The summed E-state index contributed by atoms with van der Waals surface area (Å²) in [7, 11) is -4.98. The quantitative estimate of drug-likeness (QED) is 0.115. The van der Waals surface area contributed by atoms with Crippen LogP contribution >= 0.6 is 29.8 Å². The number of para-hydroxylation sites is 4. The molecule has 0 atom stereocenters. The molecular formula is C78H66N21O5PS3. The van der Waals surface area contributed by atoms with Crippen LogP contribution in [0.2, 0.25) is 0 Å². The molecule has 0 saturated carbocycles. The standard InChI is InChI=1S/C12H8N2.C12H10O2S.C10H6N2O.C10H6N2S.2C8H6N2.2C4H4N2.C3H3N3.C3H9OP.C2H2N2O.C2H2N2S/c1-3-9-5-6-10-4-2-8-14-12(10)11(9)13-7-1;13-15(14,11-7-3-1-4-8-11)12-9-5-2-6-10-12;2*1-2-4-9-7(3-1)8-5-11-6-12-10(8)13-9;1-2-4-8-7(3-1)5-9-6-10-8;1-2-4-8-7(3-1)9-5-6-10-8;1-2-6-4-3-5-1;1-2-5-4-6-3-1;1-4-2-6-3-5-1;1-5(2,3)4;2*1-3-4-2-5-1/h1-8H;1-10H;2*1-6H;2*1-6H;2*1-4H;1-3H;1-3H3;2*1-2H. The van der Waals surface area contributed by atoms with Crippen molar-refractivity contribution in [2.75, 3.05) is 20.0 Å². The Balaban J connectivity index is 0.000000139. The number of rotatable bonds is 2. The molecule has 536 valence electrons. The van der Waals surface area contributed by atoms with Crippen LogP contribution in [0.5, 0.6) is 0 Å². The SMILES string of the molecule is CP(C)(C)=O.O=S(=O)(c1ccccc1)c1ccccc1.c1ccc2c(c1)oc1ncncc12.c1ccc2c(c1)sc1ncncc12.c1ccc2nccnc2c1.c1ccc2ncncc2c1.c1cnc2c(c1)ccc1cccnc12.c1cnccn1.c1cncnc1.c1ncncn1.c1nnco1.c1nncs1.